The molecule has 0 spiro atoms. The van der Waals surface area contributed by atoms with Crippen molar-refractivity contribution in [3.8, 4) is 0 Å². The highest BCUT2D eigenvalue weighted by Crippen LogP contribution is 2.18. The van der Waals surface area contributed by atoms with Gasteiger partial charge in [-0.3, -0.25) is 4.99 Å². The van der Waals surface area contributed by atoms with Crippen LogP contribution in [0.3, 0.4) is 0 Å². The summed E-state index contributed by atoms with van der Waals surface area (Å²) in [5.41, 5.74) is 0.925. The number of hydrogen-bond donors (Lipinski definition) is 4. The zero-order chi connectivity index (χ0) is 18.8. The summed E-state index contributed by atoms with van der Waals surface area (Å²) in [6.45, 7) is 3.16. The number of guanidine groups is 1. The molecule has 1 aliphatic rings. The predicted molar refractivity (Wildman–Crippen MR) is 104 cm³/mol. The summed E-state index contributed by atoms with van der Waals surface area (Å²) in [6, 6.07) is 9.70. The molecule has 0 amide bonds. The van der Waals surface area contributed by atoms with E-state index in [1.807, 2.05) is 37.3 Å². The Bertz CT molecular complexity index is 656. The van der Waals surface area contributed by atoms with Crippen molar-refractivity contribution in [1.82, 2.24) is 15.4 Å². The van der Waals surface area contributed by atoms with Crippen LogP contribution in [-0.2, 0) is 16.6 Å². The van der Waals surface area contributed by atoms with E-state index in [9.17, 15) is 13.5 Å². The van der Waals surface area contributed by atoms with Crippen LogP contribution in [0.4, 0.5) is 0 Å². The van der Waals surface area contributed by atoms with Crippen molar-refractivity contribution in [2.75, 3.05) is 18.8 Å². The van der Waals surface area contributed by atoms with Crippen molar-refractivity contribution in [1.29, 1.82) is 0 Å². The molecule has 1 aromatic rings. The van der Waals surface area contributed by atoms with Gasteiger partial charge in [0.2, 0.25) is 10.0 Å². The molecular weight excluding hydrogens is 352 g/mol. The average molecular weight is 383 g/mol. The average Bonchev–Trinajstić information content (AvgIpc) is 2.63. The van der Waals surface area contributed by atoms with Crippen LogP contribution in [0.2, 0.25) is 0 Å². The van der Waals surface area contributed by atoms with Crippen LogP contribution < -0.4 is 15.4 Å². The molecule has 0 atom stereocenters. The van der Waals surface area contributed by atoms with Gasteiger partial charge in [-0.15, -0.1) is 0 Å². The summed E-state index contributed by atoms with van der Waals surface area (Å²) >= 11 is 0. The molecule has 146 valence electrons. The monoisotopic (exact) mass is 382 g/mol. The molecule has 0 aliphatic heterocycles. The van der Waals surface area contributed by atoms with Crippen molar-refractivity contribution >= 4 is 16.0 Å². The van der Waals surface area contributed by atoms with Gasteiger partial charge in [-0.05, 0) is 38.2 Å². The lowest BCUT2D eigenvalue weighted by Gasteiger charge is -2.27. The van der Waals surface area contributed by atoms with Gasteiger partial charge < -0.3 is 15.7 Å². The van der Waals surface area contributed by atoms with Gasteiger partial charge in [0.25, 0.3) is 0 Å². The maximum absolute atomic E-state index is 12.1. The van der Waals surface area contributed by atoms with Gasteiger partial charge in [0.05, 0.1) is 18.4 Å². The van der Waals surface area contributed by atoms with E-state index in [4.69, 9.17) is 0 Å². The van der Waals surface area contributed by atoms with Crippen LogP contribution in [0.15, 0.2) is 35.3 Å². The van der Waals surface area contributed by atoms with E-state index in [2.05, 4.69) is 20.3 Å². The summed E-state index contributed by atoms with van der Waals surface area (Å²) in [6.07, 6.45) is 3.16. The summed E-state index contributed by atoms with van der Waals surface area (Å²) in [4.78, 5) is 4.38. The van der Waals surface area contributed by atoms with Gasteiger partial charge in [0.1, 0.15) is 0 Å². The van der Waals surface area contributed by atoms with Crippen LogP contribution in [-0.4, -0.2) is 50.5 Å². The molecule has 0 heterocycles. The van der Waals surface area contributed by atoms with Gasteiger partial charge >= 0.3 is 0 Å². The Hall–Kier alpha value is -1.64. The molecular formula is C18H30N4O3S. The van der Waals surface area contributed by atoms with Crippen LogP contribution in [0.5, 0.6) is 0 Å². The minimum atomic E-state index is -3.38. The van der Waals surface area contributed by atoms with Crippen molar-refractivity contribution in [2.45, 2.75) is 51.3 Å². The normalized spacial score (nSPS) is 21.4. The first-order chi connectivity index (χ1) is 12.5. The Balaban J connectivity index is 1.80. The minimum absolute atomic E-state index is 0.0558. The Morgan fingerprint density at radius 2 is 1.88 bits per heavy atom. The molecule has 1 fully saturated rings. The summed E-state index contributed by atoms with van der Waals surface area (Å²) in [5, 5.41) is 16.1. The minimum Gasteiger partial charge on any atom is -0.393 e. The molecule has 1 saturated carbocycles. The molecule has 1 aliphatic carbocycles. The van der Waals surface area contributed by atoms with E-state index >= 15 is 0 Å². The molecule has 0 radical (unpaired) electrons. The van der Waals surface area contributed by atoms with E-state index in [1.54, 1.807) is 0 Å². The van der Waals surface area contributed by atoms with E-state index in [0.717, 1.165) is 31.2 Å². The number of rotatable bonds is 8. The second-order valence-corrected chi connectivity index (χ2v) is 8.46. The molecule has 1 aromatic carbocycles. The lowest BCUT2D eigenvalue weighted by Crippen LogP contribution is -2.45. The SMILES string of the molecule is CCNC(=NCCS(=O)(=O)NCc1ccccc1)NC1CCC(O)CC1. The Labute approximate surface area is 156 Å². The Morgan fingerprint density at radius 3 is 2.54 bits per heavy atom. The highest BCUT2D eigenvalue weighted by molar-refractivity contribution is 7.89. The number of benzene rings is 1. The summed E-state index contributed by atoms with van der Waals surface area (Å²) in [5.74, 6) is 0.576. The number of nitrogens with one attached hydrogen (secondary N) is 3. The van der Waals surface area contributed by atoms with Crippen LogP contribution >= 0.6 is 0 Å². The number of nitrogens with zero attached hydrogens (tertiary/aromatic N) is 1. The standard InChI is InChI=1S/C18H30N4O3S/c1-2-19-18(22-16-8-10-17(23)11-9-16)20-12-13-26(24,25)21-14-15-6-4-3-5-7-15/h3-7,16-17,21,23H,2,8-14H2,1H3,(H2,19,20,22). The van der Waals surface area contributed by atoms with E-state index in [1.165, 1.54) is 0 Å². The third kappa shape index (κ3) is 7.72. The molecule has 7 nitrogen and oxygen atoms in total. The van der Waals surface area contributed by atoms with E-state index < -0.39 is 10.0 Å². The zero-order valence-corrected chi connectivity index (χ0v) is 16.1. The number of hydrogen-bond acceptors (Lipinski definition) is 4. The fraction of sp³-hybridized carbons (Fsp3) is 0.611. The Morgan fingerprint density at radius 1 is 1.19 bits per heavy atom. The maximum Gasteiger partial charge on any atom is 0.213 e. The van der Waals surface area contributed by atoms with Crippen molar-refractivity contribution in [2.24, 2.45) is 4.99 Å². The van der Waals surface area contributed by atoms with Crippen molar-refractivity contribution in [3.05, 3.63) is 35.9 Å². The summed E-state index contributed by atoms with van der Waals surface area (Å²) in [7, 11) is -3.38. The smallest absolute Gasteiger partial charge is 0.213 e. The largest absolute Gasteiger partial charge is 0.393 e. The van der Waals surface area contributed by atoms with Crippen LogP contribution in [0.25, 0.3) is 0 Å². The lowest BCUT2D eigenvalue weighted by molar-refractivity contribution is 0.120. The van der Waals surface area contributed by atoms with Gasteiger partial charge in [0.15, 0.2) is 5.96 Å². The topological polar surface area (TPSA) is 103 Å². The first kappa shape index (κ1) is 20.7. The van der Waals surface area contributed by atoms with Crippen LogP contribution in [0, 0.1) is 0 Å². The molecule has 0 saturated heterocycles. The molecule has 4 N–H and O–H groups in total. The molecule has 0 aromatic heterocycles. The second-order valence-electron chi connectivity index (χ2n) is 6.54. The van der Waals surface area contributed by atoms with Crippen molar-refractivity contribution < 1.29 is 13.5 Å². The van der Waals surface area contributed by atoms with Gasteiger partial charge in [-0.1, -0.05) is 30.3 Å². The molecule has 0 bridgehead atoms. The maximum atomic E-state index is 12.1. The fourth-order valence-corrected chi connectivity index (χ4v) is 3.74. The third-order valence-electron chi connectivity index (χ3n) is 4.35. The predicted octanol–water partition coefficient (Wildman–Crippen LogP) is 0.965. The molecule has 26 heavy (non-hydrogen) atoms. The number of sulfonamides is 1. The zero-order valence-electron chi connectivity index (χ0n) is 15.3. The first-order valence-corrected chi connectivity index (χ1v) is 10.9. The number of aliphatic imine (C=N–C) groups is 1. The molecule has 2 rings (SSSR count). The lowest BCUT2D eigenvalue weighted by atomic mass is 9.93. The molecule has 0 unspecified atom stereocenters. The molecule has 8 heteroatoms. The van der Waals surface area contributed by atoms with Gasteiger partial charge in [-0.2, -0.15) is 0 Å². The first-order valence-electron chi connectivity index (χ1n) is 9.22. The van der Waals surface area contributed by atoms with E-state index in [0.29, 0.717) is 12.5 Å². The third-order valence-corrected chi connectivity index (χ3v) is 5.65. The fourth-order valence-electron chi connectivity index (χ4n) is 2.87. The highest BCUT2D eigenvalue weighted by atomic mass is 32.2. The van der Waals surface area contributed by atoms with Crippen molar-refractivity contribution in [3.63, 3.8) is 0 Å². The second kappa shape index (κ2) is 10.5. The summed E-state index contributed by atoms with van der Waals surface area (Å²) < 4.78 is 26.8. The number of aliphatic hydroxyl groups is 1. The van der Waals surface area contributed by atoms with Gasteiger partial charge in [0, 0.05) is 19.1 Å². The van der Waals surface area contributed by atoms with E-state index in [-0.39, 0.29) is 31.0 Å². The highest BCUT2D eigenvalue weighted by Gasteiger charge is 2.20. The number of aliphatic hydroxyl groups excluding tert-OH is 1. The van der Waals surface area contributed by atoms with Crippen LogP contribution in [0.1, 0.15) is 38.2 Å². The quantitative estimate of drug-likeness (QED) is 0.396. The van der Waals surface area contributed by atoms with Gasteiger partial charge in [-0.25, -0.2) is 13.1 Å². The Kier molecular flexibility index (Phi) is 8.34.